The molecule has 3 rings (SSSR count). The number of benzene rings is 1. The van der Waals surface area contributed by atoms with Gasteiger partial charge in [0.15, 0.2) is 0 Å². The maximum absolute atomic E-state index is 13.7. The predicted molar refractivity (Wildman–Crippen MR) is 73.3 cm³/mol. The molecule has 19 heavy (non-hydrogen) atoms. The molecule has 2 aromatic rings. The maximum atomic E-state index is 13.7. The van der Waals surface area contributed by atoms with Crippen LogP contribution < -0.4 is 0 Å². The Balaban J connectivity index is 2.23. The molecule has 6 heteroatoms. The largest absolute Gasteiger partial charge is 0.376 e. The van der Waals surface area contributed by atoms with Crippen molar-refractivity contribution in [3.8, 4) is 0 Å². The molecule has 1 aromatic carbocycles. The van der Waals surface area contributed by atoms with Crippen molar-refractivity contribution >= 4 is 34.2 Å². The molecule has 0 amide bonds. The molecule has 0 aliphatic carbocycles. The van der Waals surface area contributed by atoms with Gasteiger partial charge in [-0.1, -0.05) is 11.6 Å². The lowest BCUT2D eigenvalue weighted by Gasteiger charge is -2.19. The SMILES string of the molecule is CC1OCCC1n1c(CCl)nc2cc(Cl)c(F)cc21. The van der Waals surface area contributed by atoms with Gasteiger partial charge < -0.3 is 9.30 Å². The van der Waals surface area contributed by atoms with Gasteiger partial charge in [0.25, 0.3) is 0 Å². The molecule has 0 radical (unpaired) electrons. The van der Waals surface area contributed by atoms with Crippen molar-refractivity contribution in [2.45, 2.75) is 31.4 Å². The molecule has 3 nitrogen and oxygen atoms in total. The number of alkyl halides is 1. The van der Waals surface area contributed by atoms with Crippen molar-refractivity contribution in [2.24, 2.45) is 0 Å². The number of halogens is 3. The molecule has 2 atom stereocenters. The first-order chi connectivity index (χ1) is 9.11. The second kappa shape index (κ2) is 4.93. The Labute approximate surface area is 120 Å². The van der Waals surface area contributed by atoms with Crippen LogP contribution in [-0.2, 0) is 10.6 Å². The predicted octanol–water partition coefficient (Wildman–Crippen LogP) is 3.92. The van der Waals surface area contributed by atoms with E-state index in [-0.39, 0.29) is 23.0 Å². The van der Waals surface area contributed by atoms with Crippen LogP contribution in [-0.4, -0.2) is 22.3 Å². The van der Waals surface area contributed by atoms with Gasteiger partial charge in [0.1, 0.15) is 11.6 Å². The average Bonchev–Trinajstić information content (AvgIpc) is 2.93. The first-order valence-electron chi connectivity index (χ1n) is 6.15. The summed E-state index contributed by atoms with van der Waals surface area (Å²) in [6.07, 6.45) is 0.943. The fraction of sp³-hybridized carbons (Fsp3) is 0.462. The summed E-state index contributed by atoms with van der Waals surface area (Å²) < 4.78 is 21.3. The summed E-state index contributed by atoms with van der Waals surface area (Å²) in [4.78, 5) is 4.44. The lowest BCUT2D eigenvalue weighted by Crippen LogP contribution is -2.18. The Morgan fingerprint density at radius 3 is 2.95 bits per heavy atom. The Morgan fingerprint density at radius 2 is 2.32 bits per heavy atom. The van der Waals surface area contributed by atoms with E-state index in [9.17, 15) is 4.39 Å². The van der Waals surface area contributed by atoms with Gasteiger partial charge in [-0.25, -0.2) is 9.37 Å². The molecule has 1 aromatic heterocycles. The van der Waals surface area contributed by atoms with E-state index >= 15 is 0 Å². The number of nitrogens with zero attached hydrogens (tertiary/aromatic N) is 2. The third kappa shape index (κ3) is 2.12. The van der Waals surface area contributed by atoms with Crippen molar-refractivity contribution in [1.82, 2.24) is 9.55 Å². The maximum Gasteiger partial charge on any atom is 0.144 e. The fourth-order valence-corrected chi connectivity index (χ4v) is 3.01. The van der Waals surface area contributed by atoms with Crippen LogP contribution in [0.3, 0.4) is 0 Å². The summed E-state index contributed by atoms with van der Waals surface area (Å²) in [5.74, 6) is 0.556. The number of rotatable bonds is 2. The van der Waals surface area contributed by atoms with Crippen molar-refractivity contribution in [3.63, 3.8) is 0 Å². The highest BCUT2D eigenvalue weighted by Gasteiger charge is 2.29. The van der Waals surface area contributed by atoms with E-state index in [1.54, 1.807) is 6.07 Å². The van der Waals surface area contributed by atoms with Crippen LogP contribution in [0.2, 0.25) is 5.02 Å². The molecular formula is C13H13Cl2FN2O. The number of hydrogen-bond acceptors (Lipinski definition) is 2. The molecule has 0 N–H and O–H groups in total. The lowest BCUT2D eigenvalue weighted by molar-refractivity contribution is 0.108. The minimum atomic E-state index is -0.442. The van der Waals surface area contributed by atoms with Crippen LogP contribution in [0.4, 0.5) is 4.39 Å². The van der Waals surface area contributed by atoms with Crippen molar-refractivity contribution < 1.29 is 9.13 Å². The molecule has 2 heterocycles. The van der Waals surface area contributed by atoms with E-state index in [1.165, 1.54) is 6.07 Å². The Morgan fingerprint density at radius 1 is 1.53 bits per heavy atom. The van der Waals surface area contributed by atoms with E-state index in [4.69, 9.17) is 27.9 Å². The van der Waals surface area contributed by atoms with Crippen LogP contribution in [0.25, 0.3) is 11.0 Å². The monoisotopic (exact) mass is 302 g/mol. The van der Waals surface area contributed by atoms with Crippen LogP contribution in [0.15, 0.2) is 12.1 Å². The molecule has 0 spiro atoms. The zero-order chi connectivity index (χ0) is 13.6. The van der Waals surface area contributed by atoms with E-state index in [1.807, 2.05) is 11.5 Å². The number of imidazole rings is 1. The van der Waals surface area contributed by atoms with Crippen LogP contribution in [0.5, 0.6) is 0 Å². The number of fused-ring (bicyclic) bond motifs is 1. The third-order valence-electron chi connectivity index (χ3n) is 3.59. The summed E-state index contributed by atoms with van der Waals surface area (Å²) in [7, 11) is 0. The second-order valence-electron chi connectivity index (χ2n) is 4.72. The highest BCUT2D eigenvalue weighted by molar-refractivity contribution is 6.31. The number of hydrogen-bond donors (Lipinski definition) is 0. The molecule has 0 saturated carbocycles. The topological polar surface area (TPSA) is 27.1 Å². The average molecular weight is 303 g/mol. The van der Waals surface area contributed by atoms with Crippen molar-refractivity contribution in [2.75, 3.05) is 6.61 Å². The van der Waals surface area contributed by atoms with Gasteiger partial charge in [-0.15, -0.1) is 11.6 Å². The van der Waals surface area contributed by atoms with E-state index in [0.29, 0.717) is 12.1 Å². The highest BCUT2D eigenvalue weighted by Crippen LogP contribution is 2.33. The normalized spacial score (nSPS) is 23.4. The molecule has 2 unspecified atom stereocenters. The van der Waals surface area contributed by atoms with Crippen LogP contribution >= 0.6 is 23.2 Å². The molecule has 1 aliphatic rings. The molecule has 102 valence electrons. The van der Waals surface area contributed by atoms with Crippen molar-refractivity contribution in [1.29, 1.82) is 0 Å². The Hall–Kier alpha value is -0.840. The quantitative estimate of drug-likeness (QED) is 0.786. The minimum absolute atomic E-state index is 0.0677. The molecule has 1 aliphatic heterocycles. The molecular weight excluding hydrogens is 290 g/mol. The summed E-state index contributed by atoms with van der Waals surface area (Å²) in [6.45, 7) is 2.71. The zero-order valence-electron chi connectivity index (χ0n) is 10.4. The highest BCUT2D eigenvalue weighted by atomic mass is 35.5. The number of aromatic nitrogens is 2. The first-order valence-corrected chi connectivity index (χ1v) is 7.06. The Kier molecular flexibility index (Phi) is 3.41. The Bertz CT molecular complexity index is 629. The van der Waals surface area contributed by atoms with Gasteiger partial charge in [0, 0.05) is 12.7 Å². The van der Waals surface area contributed by atoms with E-state index in [0.717, 1.165) is 17.8 Å². The van der Waals surface area contributed by atoms with Gasteiger partial charge in [-0.05, 0) is 19.4 Å². The van der Waals surface area contributed by atoms with Gasteiger partial charge in [-0.2, -0.15) is 0 Å². The molecule has 0 bridgehead atoms. The third-order valence-corrected chi connectivity index (χ3v) is 4.12. The van der Waals surface area contributed by atoms with Gasteiger partial charge in [0.2, 0.25) is 0 Å². The standard InChI is InChI=1S/C13H13Cl2FN2O/c1-7-11(2-3-19-7)18-12-5-9(16)8(15)4-10(12)17-13(18)6-14/h4-5,7,11H,2-3,6H2,1H3. The second-order valence-corrected chi connectivity index (χ2v) is 5.39. The van der Waals surface area contributed by atoms with Gasteiger partial charge >= 0.3 is 0 Å². The minimum Gasteiger partial charge on any atom is -0.376 e. The summed E-state index contributed by atoms with van der Waals surface area (Å²) in [5.41, 5.74) is 1.39. The first kappa shape index (κ1) is 13.2. The fourth-order valence-electron chi connectivity index (χ4n) is 2.66. The summed E-state index contributed by atoms with van der Waals surface area (Å²) in [6, 6.07) is 3.10. The molecule has 1 fully saturated rings. The number of ether oxygens (including phenoxy) is 1. The van der Waals surface area contributed by atoms with Crippen LogP contribution in [0, 0.1) is 5.82 Å². The van der Waals surface area contributed by atoms with E-state index in [2.05, 4.69) is 4.98 Å². The summed E-state index contributed by atoms with van der Waals surface area (Å²) in [5, 5.41) is 0.0778. The van der Waals surface area contributed by atoms with Gasteiger partial charge in [-0.3, -0.25) is 0 Å². The zero-order valence-corrected chi connectivity index (χ0v) is 11.9. The van der Waals surface area contributed by atoms with Gasteiger partial charge in [0.05, 0.1) is 34.1 Å². The van der Waals surface area contributed by atoms with Crippen molar-refractivity contribution in [3.05, 3.63) is 28.8 Å². The smallest absolute Gasteiger partial charge is 0.144 e. The van der Waals surface area contributed by atoms with Crippen LogP contribution in [0.1, 0.15) is 25.2 Å². The molecule has 1 saturated heterocycles. The summed E-state index contributed by atoms with van der Waals surface area (Å²) >= 11 is 11.8. The lowest BCUT2D eigenvalue weighted by atomic mass is 10.1. The van der Waals surface area contributed by atoms with E-state index < -0.39 is 5.82 Å².